The molecule has 0 aliphatic carbocycles. The molecular weight excluding hydrogens is 388 g/mol. The molecule has 1 N–H and O–H groups in total. The Kier molecular flexibility index (Phi) is 6.10. The van der Waals surface area contributed by atoms with Crippen molar-refractivity contribution < 1.29 is 9.21 Å². The lowest BCUT2D eigenvalue weighted by Crippen LogP contribution is -2.31. The maximum atomic E-state index is 12.7. The van der Waals surface area contributed by atoms with Crippen LogP contribution >= 0.6 is 11.6 Å². The first-order valence-corrected chi connectivity index (χ1v) is 10.2. The van der Waals surface area contributed by atoms with E-state index in [1.54, 1.807) is 12.1 Å². The largest absolute Gasteiger partial charge is 0.405 e. The van der Waals surface area contributed by atoms with Gasteiger partial charge in [-0.25, -0.2) is 0 Å². The minimum absolute atomic E-state index is 0.126. The Morgan fingerprint density at radius 1 is 1.03 bits per heavy atom. The molecule has 3 aromatic rings. The first-order chi connectivity index (χ1) is 14.2. The van der Waals surface area contributed by atoms with Crippen molar-refractivity contribution in [1.29, 1.82) is 0 Å². The summed E-state index contributed by atoms with van der Waals surface area (Å²) in [6, 6.07) is 16.9. The third-order valence-corrected chi connectivity index (χ3v) is 5.27. The average molecular weight is 411 g/mol. The van der Waals surface area contributed by atoms with E-state index in [0.29, 0.717) is 16.9 Å². The van der Waals surface area contributed by atoms with Crippen LogP contribution in [-0.2, 0) is 11.2 Å². The number of nitrogens with zero attached hydrogens (tertiary/aromatic N) is 3. The fourth-order valence-electron chi connectivity index (χ4n) is 3.49. The van der Waals surface area contributed by atoms with Gasteiger partial charge in [-0.3, -0.25) is 4.79 Å². The molecule has 0 radical (unpaired) electrons. The third kappa shape index (κ3) is 4.95. The molecule has 0 saturated carbocycles. The second-order valence-electron chi connectivity index (χ2n) is 7.19. The number of piperidine rings is 1. The first kappa shape index (κ1) is 19.5. The van der Waals surface area contributed by atoms with E-state index < -0.39 is 6.04 Å². The Bertz CT molecular complexity index is 937. The lowest BCUT2D eigenvalue weighted by molar-refractivity contribution is -0.121. The van der Waals surface area contributed by atoms with E-state index in [1.807, 2.05) is 42.5 Å². The Balaban J connectivity index is 1.53. The van der Waals surface area contributed by atoms with Crippen molar-refractivity contribution in [3.63, 3.8) is 0 Å². The van der Waals surface area contributed by atoms with Crippen molar-refractivity contribution in [2.24, 2.45) is 0 Å². The van der Waals surface area contributed by atoms with Gasteiger partial charge < -0.3 is 14.6 Å². The summed E-state index contributed by atoms with van der Waals surface area (Å²) >= 11 is 5.93. The second-order valence-corrected chi connectivity index (χ2v) is 7.62. The van der Waals surface area contributed by atoms with Crippen LogP contribution in [0.3, 0.4) is 0 Å². The predicted octanol–water partition coefficient (Wildman–Crippen LogP) is 4.16. The molecule has 1 saturated heterocycles. The second kappa shape index (κ2) is 9.09. The number of carbonyl (C=O) groups excluding carboxylic acids is 1. The van der Waals surface area contributed by atoms with Crippen LogP contribution < -0.4 is 10.2 Å². The number of hydrogen-bond acceptors (Lipinski definition) is 5. The van der Waals surface area contributed by atoms with Gasteiger partial charge in [0.1, 0.15) is 6.04 Å². The Hall–Kier alpha value is -2.86. The van der Waals surface area contributed by atoms with Gasteiger partial charge in [0.05, 0.1) is 6.42 Å². The molecule has 6 nitrogen and oxygen atoms in total. The van der Waals surface area contributed by atoms with Gasteiger partial charge in [0.15, 0.2) is 0 Å². The van der Waals surface area contributed by atoms with E-state index in [1.165, 1.54) is 6.42 Å². The Labute approximate surface area is 174 Å². The van der Waals surface area contributed by atoms with Crippen LogP contribution in [0.25, 0.3) is 0 Å². The number of carbonyl (C=O) groups is 1. The molecule has 150 valence electrons. The minimum atomic E-state index is -0.498. The van der Waals surface area contributed by atoms with E-state index in [2.05, 4.69) is 20.4 Å². The van der Waals surface area contributed by atoms with Crippen LogP contribution in [0, 0.1) is 0 Å². The number of benzene rings is 2. The molecule has 2 heterocycles. The summed E-state index contributed by atoms with van der Waals surface area (Å²) in [5, 5.41) is 12.2. The molecule has 2 aromatic carbocycles. The lowest BCUT2D eigenvalue weighted by atomic mass is 10.1. The van der Waals surface area contributed by atoms with Gasteiger partial charge in [-0.05, 0) is 42.5 Å². The van der Waals surface area contributed by atoms with E-state index in [9.17, 15) is 4.79 Å². The zero-order chi connectivity index (χ0) is 20.1. The minimum Gasteiger partial charge on any atom is -0.405 e. The van der Waals surface area contributed by atoms with Crippen LogP contribution in [0.2, 0.25) is 5.02 Å². The van der Waals surface area contributed by atoms with Gasteiger partial charge in [-0.2, -0.15) is 0 Å². The van der Waals surface area contributed by atoms with Crippen LogP contribution in [0.1, 0.15) is 42.3 Å². The normalized spacial score (nSPS) is 15.1. The number of amides is 1. The molecule has 0 spiro atoms. The van der Waals surface area contributed by atoms with Crippen LogP contribution in [0.5, 0.6) is 0 Å². The van der Waals surface area contributed by atoms with Crippen molar-refractivity contribution in [3.8, 4) is 0 Å². The number of rotatable bonds is 6. The molecule has 1 aromatic heterocycles. The summed E-state index contributed by atoms with van der Waals surface area (Å²) in [4.78, 5) is 14.8. The molecule has 29 heavy (non-hydrogen) atoms. The van der Waals surface area contributed by atoms with Crippen molar-refractivity contribution in [3.05, 3.63) is 76.6 Å². The van der Waals surface area contributed by atoms with Crippen LogP contribution in [0.4, 0.5) is 6.01 Å². The van der Waals surface area contributed by atoms with Gasteiger partial charge in [-0.15, -0.1) is 5.10 Å². The molecule has 1 aliphatic heterocycles. The topological polar surface area (TPSA) is 71.3 Å². The zero-order valence-corrected chi connectivity index (χ0v) is 16.8. The van der Waals surface area contributed by atoms with E-state index in [0.717, 1.165) is 37.1 Å². The highest BCUT2D eigenvalue weighted by Gasteiger charge is 2.25. The maximum Gasteiger partial charge on any atom is 0.318 e. The van der Waals surface area contributed by atoms with Crippen LogP contribution in [-0.4, -0.2) is 29.2 Å². The summed E-state index contributed by atoms with van der Waals surface area (Å²) in [6.45, 7) is 1.83. The summed E-state index contributed by atoms with van der Waals surface area (Å²) < 4.78 is 5.98. The van der Waals surface area contributed by atoms with Gasteiger partial charge in [0, 0.05) is 18.1 Å². The summed E-state index contributed by atoms with van der Waals surface area (Å²) in [7, 11) is 0. The fraction of sp³-hybridized carbons (Fsp3) is 0.318. The van der Waals surface area contributed by atoms with Crippen molar-refractivity contribution >= 4 is 23.5 Å². The van der Waals surface area contributed by atoms with Crippen molar-refractivity contribution in [2.45, 2.75) is 31.7 Å². The number of aromatic nitrogens is 2. The molecule has 1 aliphatic rings. The van der Waals surface area contributed by atoms with E-state index in [4.69, 9.17) is 16.0 Å². The summed E-state index contributed by atoms with van der Waals surface area (Å²) in [6.07, 6.45) is 3.72. The maximum absolute atomic E-state index is 12.7. The zero-order valence-electron chi connectivity index (χ0n) is 16.1. The molecule has 7 heteroatoms. The van der Waals surface area contributed by atoms with Gasteiger partial charge in [0.25, 0.3) is 0 Å². The predicted molar refractivity (Wildman–Crippen MR) is 112 cm³/mol. The highest BCUT2D eigenvalue weighted by atomic mass is 35.5. The molecule has 1 fully saturated rings. The fourth-order valence-corrected chi connectivity index (χ4v) is 3.61. The van der Waals surface area contributed by atoms with E-state index in [-0.39, 0.29) is 12.3 Å². The third-order valence-electron chi connectivity index (χ3n) is 5.02. The molecule has 1 amide bonds. The highest BCUT2D eigenvalue weighted by molar-refractivity contribution is 6.30. The monoisotopic (exact) mass is 410 g/mol. The SMILES string of the molecule is O=C(Cc1ccc(Cl)cc1)NC(c1ccccc1)c1nnc(N2CCCCC2)o1. The standard InChI is InChI=1S/C22H23ClN4O2/c23-18-11-9-16(10-12-18)15-19(28)24-20(17-7-3-1-4-8-17)21-25-26-22(29-21)27-13-5-2-6-14-27/h1,3-4,7-12,20H,2,5-6,13-15H2,(H,24,28). The summed E-state index contributed by atoms with van der Waals surface area (Å²) in [5.74, 6) is 0.264. The number of nitrogens with one attached hydrogen (secondary N) is 1. The number of anilines is 1. The van der Waals surface area contributed by atoms with Crippen molar-refractivity contribution in [1.82, 2.24) is 15.5 Å². The van der Waals surface area contributed by atoms with E-state index >= 15 is 0 Å². The number of halogens is 1. The Morgan fingerprint density at radius 3 is 2.48 bits per heavy atom. The highest BCUT2D eigenvalue weighted by Crippen LogP contribution is 2.25. The molecule has 4 rings (SSSR count). The smallest absolute Gasteiger partial charge is 0.318 e. The van der Waals surface area contributed by atoms with Gasteiger partial charge in [0.2, 0.25) is 11.8 Å². The van der Waals surface area contributed by atoms with Crippen LogP contribution in [0.15, 0.2) is 59.0 Å². The molecule has 1 atom stereocenters. The Morgan fingerprint density at radius 2 is 1.76 bits per heavy atom. The molecule has 0 bridgehead atoms. The summed E-state index contributed by atoms with van der Waals surface area (Å²) in [5.41, 5.74) is 1.78. The van der Waals surface area contributed by atoms with Gasteiger partial charge >= 0.3 is 6.01 Å². The van der Waals surface area contributed by atoms with Gasteiger partial charge in [-0.1, -0.05) is 59.2 Å². The average Bonchev–Trinajstić information content (AvgIpc) is 3.25. The molecular formula is C22H23ClN4O2. The quantitative estimate of drug-likeness (QED) is 0.660. The number of hydrogen-bond donors (Lipinski definition) is 1. The molecule has 1 unspecified atom stereocenters. The lowest BCUT2D eigenvalue weighted by Gasteiger charge is -2.24. The van der Waals surface area contributed by atoms with Crippen molar-refractivity contribution in [2.75, 3.05) is 18.0 Å². The first-order valence-electron chi connectivity index (χ1n) is 9.86.